The van der Waals surface area contributed by atoms with Crippen molar-refractivity contribution in [2.24, 2.45) is 10.9 Å². The van der Waals surface area contributed by atoms with Gasteiger partial charge in [0.25, 0.3) is 5.24 Å². The first-order valence-electron chi connectivity index (χ1n) is 10.3. The Kier molecular flexibility index (Phi) is 8.00. The average molecular weight is 505 g/mol. The summed E-state index contributed by atoms with van der Waals surface area (Å²) < 4.78 is 78.8. The number of allylic oxidation sites excluding steroid dienone is 1. The summed E-state index contributed by atoms with van der Waals surface area (Å²) in [5, 5.41) is 11.5. The van der Waals surface area contributed by atoms with Crippen molar-refractivity contribution in [1.29, 1.82) is 0 Å². The number of aliphatic hydroxyl groups excluding tert-OH is 1. The van der Waals surface area contributed by atoms with E-state index in [1.807, 2.05) is 6.08 Å². The molecule has 2 fully saturated rings. The minimum absolute atomic E-state index is 0.0183. The van der Waals surface area contributed by atoms with Gasteiger partial charge in [-0.25, -0.2) is 4.99 Å². The van der Waals surface area contributed by atoms with Gasteiger partial charge in [0.1, 0.15) is 11.9 Å². The predicted octanol–water partition coefficient (Wildman–Crippen LogP) is 4.67. The molecule has 2 saturated heterocycles. The van der Waals surface area contributed by atoms with E-state index < -0.39 is 29.5 Å². The number of hydrogen-bond donors (Lipinski definition) is 2. The van der Waals surface area contributed by atoms with E-state index in [0.29, 0.717) is 36.9 Å². The number of hydrogen-bond acceptors (Lipinski definition) is 5. The first kappa shape index (κ1) is 26.1. The van der Waals surface area contributed by atoms with Crippen LogP contribution in [0.15, 0.2) is 34.2 Å². The van der Waals surface area contributed by atoms with Gasteiger partial charge in [-0.15, -0.1) is 6.42 Å². The molecule has 1 aromatic carbocycles. The number of benzene rings is 1. The second-order valence-electron chi connectivity index (χ2n) is 7.87. The molecular formula is C22H21F6N3O2S. The van der Waals surface area contributed by atoms with Gasteiger partial charge in [0.2, 0.25) is 0 Å². The number of amidine groups is 1. The van der Waals surface area contributed by atoms with E-state index in [2.05, 4.69) is 16.2 Å². The standard InChI is InChI=1S/C22H21F6N3O2S/c1-2-16(12-32)29-19-18(34-20(33)30-19)9-13-5-7-31(8-6-13)11-14-3-4-15(21(23,24)25)10-17(14)22(26,27)28/h1,3-4,9-10,13,16,32H,5-8,11-12H2,(H,29,30,33)/t16-/m1/s1. The predicted molar refractivity (Wildman–Crippen MR) is 116 cm³/mol. The number of alkyl halides is 6. The van der Waals surface area contributed by atoms with Gasteiger partial charge >= 0.3 is 12.4 Å². The van der Waals surface area contributed by atoms with E-state index in [1.54, 1.807) is 4.90 Å². The third kappa shape index (κ3) is 6.55. The lowest BCUT2D eigenvalue weighted by Crippen LogP contribution is -2.33. The molecule has 2 N–H and O–H groups in total. The maximum Gasteiger partial charge on any atom is 0.416 e. The summed E-state index contributed by atoms with van der Waals surface area (Å²) in [7, 11) is 0. The quantitative estimate of drug-likeness (QED) is 0.451. The van der Waals surface area contributed by atoms with Crippen molar-refractivity contribution < 1.29 is 36.2 Å². The summed E-state index contributed by atoms with van der Waals surface area (Å²) >= 11 is 0.941. The number of aliphatic hydroxyl groups is 1. The molecule has 2 aliphatic heterocycles. The summed E-state index contributed by atoms with van der Waals surface area (Å²) in [4.78, 5) is 18.2. The van der Waals surface area contributed by atoms with Gasteiger partial charge in [0.05, 0.1) is 22.6 Å². The third-order valence-electron chi connectivity index (χ3n) is 5.46. The van der Waals surface area contributed by atoms with Crippen LogP contribution in [0.5, 0.6) is 0 Å². The van der Waals surface area contributed by atoms with Gasteiger partial charge in [0, 0.05) is 6.54 Å². The van der Waals surface area contributed by atoms with Crippen molar-refractivity contribution in [3.63, 3.8) is 0 Å². The third-order valence-corrected chi connectivity index (χ3v) is 6.30. The van der Waals surface area contributed by atoms with Crippen LogP contribution in [-0.2, 0) is 18.9 Å². The lowest BCUT2D eigenvalue weighted by molar-refractivity contribution is -0.143. The highest BCUT2D eigenvalue weighted by Gasteiger charge is 2.38. The number of thioether (sulfide) groups is 1. The zero-order valence-electron chi connectivity index (χ0n) is 17.7. The van der Waals surface area contributed by atoms with Gasteiger partial charge in [0.15, 0.2) is 0 Å². The zero-order valence-corrected chi connectivity index (χ0v) is 18.5. The number of carbonyl (C=O) groups is 1. The number of halogens is 6. The Morgan fingerprint density at radius 1 is 1.24 bits per heavy atom. The fourth-order valence-corrected chi connectivity index (χ4v) is 4.52. The Bertz CT molecular complexity index is 1020. The van der Waals surface area contributed by atoms with Crippen molar-refractivity contribution in [3.8, 4) is 12.3 Å². The summed E-state index contributed by atoms with van der Waals surface area (Å²) in [6.45, 7) is 0.345. The molecule has 184 valence electrons. The van der Waals surface area contributed by atoms with Crippen LogP contribution in [0.2, 0.25) is 0 Å². The van der Waals surface area contributed by atoms with Crippen LogP contribution in [0.25, 0.3) is 0 Å². The Hall–Kier alpha value is -2.49. The van der Waals surface area contributed by atoms with Gasteiger partial charge in [-0.1, -0.05) is 18.1 Å². The van der Waals surface area contributed by atoms with Crippen molar-refractivity contribution in [2.45, 2.75) is 37.8 Å². The van der Waals surface area contributed by atoms with Crippen LogP contribution in [0.3, 0.4) is 0 Å². The molecule has 0 bridgehead atoms. The summed E-state index contributed by atoms with van der Waals surface area (Å²) in [5.41, 5.74) is -2.83. The Morgan fingerprint density at radius 2 is 1.91 bits per heavy atom. The molecule has 34 heavy (non-hydrogen) atoms. The first-order valence-corrected chi connectivity index (χ1v) is 11.1. The fourth-order valence-electron chi connectivity index (χ4n) is 3.71. The van der Waals surface area contributed by atoms with Crippen molar-refractivity contribution >= 4 is 22.8 Å². The lowest BCUT2D eigenvalue weighted by atomic mass is 9.95. The van der Waals surface area contributed by atoms with Crippen LogP contribution >= 0.6 is 11.8 Å². The van der Waals surface area contributed by atoms with Gasteiger partial charge in [-0.3, -0.25) is 9.69 Å². The van der Waals surface area contributed by atoms with E-state index in [-0.39, 0.29) is 41.8 Å². The average Bonchev–Trinajstić information content (AvgIpc) is 3.10. The number of terminal acetylenes is 1. The minimum Gasteiger partial charge on any atom is -0.393 e. The number of nitrogens with one attached hydrogen (secondary N) is 1. The van der Waals surface area contributed by atoms with Crippen LogP contribution < -0.4 is 5.32 Å². The first-order chi connectivity index (χ1) is 15.9. The van der Waals surface area contributed by atoms with Gasteiger partial charge in [-0.2, -0.15) is 26.3 Å². The number of piperidine rings is 1. The van der Waals surface area contributed by atoms with Crippen LogP contribution in [0.1, 0.15) is 29.5 Å². The molecule has 1 aromatic rings. The van der Waals surface area contributed by atoms with E-state index in [4.69, 9.17) is 6.42 Å². The van der Waals surface area contributed by atoms with Crippen molar-refractivity contribution in [2.75, 3.05) is 19.7 Å². The van der Waals surface area contributed by atoms with E-state index in [9.17, 15) is 36.2 Å². The number of likely N-dealkylation sites (tertiary alicyclic amines) is 1. The highest BCUT2D eigenvalue weighted by Crippen LogP contribution is 2.38. The monoisotopic (exact) mass is 505 g/mol. The van der Waals surface area contributed by atoms with E-state index in [0.717, 1.165) is 17.8 Å². The van der Waals surface area contributed by atoms with Crippen LogP contribution in [0, 0.1) is 18.3 Å². The summed E-state index contributed by atoms with van der Waals surface area (Å²) in [6, 6.07) is 0.910. The Labute approximate surface area is 196 Å². The van der Waals surface area contributed by atoms with E-state index >= 15 is 0 Å². The zero-order chi connectivity index (χ0) is 25.1. The molecule has 0 saturated carbocycles. The normalized spacial score (nSPS) is 21.6. The van der Waals surface area contributed by atoms with Crippen molar-refractivity contribution in [3.05, 3.63) is 45.9 Å². The number of aliphatic imine (C=N–C) groups is 1. The molecule has 0 aromatic heterocycles. The fraction of sp³-hybridized carbons (Fsp3) is 0.455. The second-order valence-corrected chi connectivity index (χ2v) is 8.88. The smallest absolute Gasteiger partial charge is 0.393 e. The highest BCUT2D eigenvalue weighted by atomic mass is 32.2. The molecule has 2 aliphatic rings. The molecule has 0 unspecified atom stereocenters. The maximum atomic E-state index is 13.4. The molecule has 2 heterocycles. The minimum atomic E-state index is -4.90. The van der Waals surface area contributed by atoms with Crippen LogP contribution in [-0.4, -0.2) is 46.8 Å². The number of rotatable bonds is 5. The lowest BCUT2D eigenvalue weighted by Gasteiger charge is -2.31. The number of carbonyl (C=O) groups excluding carboxylic acids is 1. The van der Waals surface area contributed by atoms with Gasteiger partial charge < -0.3 is 10.4 Å². The molecule has 0 radical (unpaired) electrons. The van der Waals surface area contributed by atoms with Crippen molar-refractivity contribution in [1.82, 2.24) is 10.2 Å². The highest BCUT2D eigenvalue weighted by molar-refractivity contribution is 8.18. The van der Waals surface area contributed by atoms with E-state index in [1.165, 1.54) is 0 Å². The maximum absolute atomic E-state index is 13.4. The summed E-state index contributed by atoms with van der Waals surface area (Å²) in [6.07, 6.45) is -1.48. The van der Waals surface area contributed by atoms with Crippen LogP contribution in [0.4, 0.5) is 31.1 Å². The molecule has 12 heteroatoms. The molecule has 0 aliphatic carbocycles. The largest absolute Gasteiger partial charge is 0.416 e. The summed E-state index contributed by atoms with van der Waals surface area (Å²) in [5.74, 6) is 2.59. The number of amides is 1. The Morgan fingerprint density at radius 3 is 2.47 bits per heavy atom. The number of nitrogens with zero attached hydrogens (tertiary/aromatic N) is 2. The molecular weight excluding hydrogens is 484 g/mol. The molecule has 1 amide bonds. The SMILES string of the molecule is C#C[C@H](CO)N=C1NC(=O)SC1=CC1CCN(Cc2ccc(C(F)(F)F)cc2C(F)(F)F)CC1. The molecule has 5 nitrogen and oxygen atoms in total. The topological polar surface area (TPSA) is 64.9 Å². The van der Waals surface area contributed by atoms with Gasteiger partial charge in [-0.05, 0) is 61.3 Å². The second kappa shape index (κ2) is 10.4. The molecule has 3 rings (SSSR count). The Balaban J connectivity index is 1.69. The molecule has 0 spiro atoms. The molecule has 1 atom stereocenters.